The molecular formula is C37H37N5O6. The van der Waals surface area contributed by atoms with Gasteiger partial charge in [0.2, 0.25) is 0 Å². The summed E-state index contributed by atoms with van der Waals surface area (Å²) in [4.78, 5) is 70.3. The second-order valence-corrected chi connectivity index (χ2v) is 12.3. The molecule has 2 N–H and O–H groups in total. The van der Waals surface area contributed by atoms with Crippen LogP contribution in [0, 0.1) is 0 Å². The normalized spacial score (nSPS) is 16.1. The van der Waals surface area contributed by atoms with Crippen molar-refractivity contribution in [1.29, 1.82) is 0 Å². The minimum atomic E-state index is -0.361. The number of hydrogen-bond donors (Lipinski definition) is 2. The maximum absolute atomic E-state index is 13.4. The Labute approximate surface area is 277 Å². The molecule has 3 heterocycles. The Morgan fingerprint density at radius 2 is 1.15 bits per heavy atom. The summed E-state index contributed by atoms with van der Waals surface area (Å²) in [7, 11) is 0. The van der Waals surface area contributed by atoms with Crippen molar-refractivity contribution in [2.45, 2.75) is 13.3 Å². The molecule has 11 heteroatoms. The molecule has 1 saturated heterocycles. The Balaban J connectivity index is 0.879. The van der Waals surface area contributed by atoms with Gasteiger partial charge in [0.15, 0.2) is 5.78 Å². The van der Waals surface area contributed by atoms with Gasteiger partial charge in [0.05, 0.1) is 13.2 Å². The van der Waals surface area contributed by atoms with E-state index in [2.05, 4.69) is 15.5 Å². The van der Waals surface area contributed by atoms with Gasteiger partial charge in [0.25, 0.3) is 23.6 Å². The molecule has 48 heavy (non-hydrogen) atoms. The van der Waals surface area contributed by atoms with Crippen molar-refractivity contribution in [3.8, 4) is 0 Å². The van der Waals surface area contributed by atoms with Crippen LogP contribution in [0.1, 0.15) is 65.1 Å². The topological polar surface area (TPSA) is 128 Å². The van der Waals surface area contributed by atoms with E-state index in [1.54, 1.807) is 36.4 Å². The largest absolute Gasteiger partial charge is 0.378 e. The Morgan fingerprint density at radius 1 is 0.646 bits per heavy atom. The summed E-state index contributed by atoms with van der Waals surface area (Å²) in [5.41, 5.74) is 3.47. The highest BCUT2D eigenvalue weighted by molar-refractivity contribution is 6.28. The number of imide groups is 2. The van der Waals surface area contributed by atoms with Gasteiger partial charge < -0.3 is 20.3 Å². The van der Waals surface area contributed by atoms with Crippen LogP contribution in [-0.4, -0.2) is 105 Å². The summed E-state index contributed by atoms with van der Waals surface area (Å²) in [6.45, 7) is 6.99. The van der Waals surface area contributed by atoms with Crippen LogP contribution in [0.2, 0.25) is 0 Å². The van der Waals surface area contributed by atoms with Crippen molar-refractivity contribution in [3.63, 3.8) is 0 Å². The number of Topliss-reactive ketones (excluding diaryl/α,β-unsaturated/α-hetero) is 1. The monoisotopic (exact) mass is 647 g/mol. The first-order chi connectivity index (χ1) is 23.4. The molecule has 4 amide bonds. The van der Waals surface area contributed by atoms with Crippen molar-refractivity contribution >= 4 is 56.6 Å². The number of benzene rings is 4. The Morgan fingerprint density at radius 3 is 1.71 bits per heavy atom. The Kier molecular flexibility index (Phi) is 8.74. The van der Waals surface area contributed by atoms with Crippen molar-refractivity contribution in [3.05, 3.63) is 88.5 Å². The van der Waals surface area contributed by atoms with Crippen molar-refractivity contribution in [1.82, 2.24) is 20.4 Å². The zero-order valence-corrected chi connectivity index (χ0v) is 26.8. The molecule has 246 valence electrons. The van der Waals surface area contributed by atoms with Gasteiger partial charge in [-0.25, -0.2) is 0 Å². The Bertz CT molecular complexity index is 1940. The SMILES string of the molecule is CC(=O)c1ccc2c3c(cccc13)C(=O)N(CCNCCCNCCN1C(=O)c3cccc4c(N5CCOCC5)ccc(c34)C1=O)C2=O. The number of rotatable bonds is 12. The fraction of sp³-hybridized carbons (Fsp3) is 0.324. The number of nitrogens with zero attached hydrogens (tertiary/aromatic N) is 3. The number of ether oxygens (including phenoxy) is 1. The van der Waals surface area contributed by atoms with Crippen LogP contribution in [0.3, 0.4) is 0 Å². The number of carbonyl (C=O) groups is 5. The number of carbonyl (C=O) groups excluding carboxylic acids is 5. The smallest absolute Gasteiger partial charge is 0.261 e. The van der Waals surface area contributed by atoms with Crippen LogP contribution in [0.25, 0.3) is 21.5 Å². The molecule has 7 rings (SSSR count). The van der Waals surface area contributed by atoms with E-state index in [0.29, 0.717) is 78.0 Å². The molecule has 0 spiro atoms. The summed E-state index contributed by atoms with van der Waals surface area (Å²) in [6, 6.07) is 18.0. The van der Waals surface area contributed by atoms with Crippen molar-refractivity contribution in [2.24, 2.45) is 0 Å². The van der Waals surface area contributed by atoms with Gasteiger partial charge in [-0.15, -0.1) is 0 Å². The van der Waals surface area contributed by atoms with Crippen LogP contribution < -0.4 is 15.5 Å². The van der Waals surface area contributed by atoms with Crippen LogP contribution in [0.15, 0.2) is 60.7 Å². The first-order valence-electron chi connectivity index (χ1n) is 16.5. The molecule has 0 bridgehead atoms. The zero-order chi connectivity index (χ0) is 33.4. The average molecular weight is 648 g/mol. The minimum Gasteiger partial charge on any atom is -0.378 e. The number of amides is 4. The summed E-state index contributed by atoms with van der Waals surface area (Å²) >= 11 is 0. The molecule has 3 aliphatic rings. The molecule has 4 aromatic carbocycles. The third kappa shape index (κ3) is 5.53. The number of morpholine rings is 1. The van der Waals surface area contributed by atoms with Gasteiger partial charge in [-0.3, -0.25) is 33.8 Å². The van der Waals surface area contributed by atoms with Gasteiger partial charge in [0.1, 0.15) is 0 Å². The lowest BCUT2D eigenvalue weighted by Crippen LogP contribution is -2.44. The average Bonchev–Trinajstić information content (AvgIpc) is 3.11. The maximum atomic E-state index is 13.4. The number of nitrogens with one attached hydrogen (secondary N) is 2. The highest BCUT2D eigenvalue weighted by atomic mass is 16.5. The van der Waals surface area contributed by atoms with E-state index in [4.69, 9.17) is 4.74 Å². The second-order valence-electron chi connectivity index (χ2n) is 12.3. The van der Waals surface area contributed by atoms with E-state index in [9.17, 15) is 24.0 Å². The van der Waals surface area contributed by atoms with E-state index in [0.717, 1.165) is 36.0 Å². The molecule has 0 aromatic heterocycles. The number of ketones is 1. The standard InChI is InChI=1S/C37H37N5O6/c1-23(43)24-9-10-29-32-25(24)5-2-7-27(32)34(44)41(36(29)46)17-15-38-13-4-14-39-16-18-42-35(45)28-8-3-6-26-31(40-19-21-48-22-20-40)12-11-30(33(26)28)37(42)47/h2-3,5-12,38-39H,4,13-22H2,1H3. The first-order valence-corrected chi connectivity index (χ1v) is 16.5. The molecule has 0 atom stereocenters. The summed E-state index contributed by atoms with van der Waals surface area (Å²) in [5.74, 6) is -1.39. The third-order valence-electron chi connectivity index (χ3n) is 9.42. The quantitative estimate of drug-likeness (QED) is 0.135. The molecule has 0 aliphatic carbocycles. The van der Waals surface area contributed by atoms with Crippen molar-refractivity contribution in [2.75, 3.05) is 70.5 Å². The molecule has 0 saturated carbocycles. The lowest BCUT2D eigenvalue weighted by molar-refractivity contribution is 0.0597. The number of hydrogen-bond acceptors (Lipinski definition) is 9. The highest BCUT2D eigenvalue weighted by Gasteiger charge is 2.34. The van der Waals surface area contributed by atoms with Crippen LogP contribution in [0.5, 0.6) is 0 Å². The third-order valence-corrected chi connectivity index (χ3v) is 9.42. The summed E-state index contributed by atoms with van der Waals surface area (Å²) < 4.78 is 5.50. The van der Waals surface area contributed by atoms with E-state index < -0.39 is 0 Å². The van der Waals surface area contributed by atoms with Crippen molar-refractivity contribution < 1.29 is 28.7 Å². The second kappa shape index (κ2) is 13.3. The van der Waals surface area contributed by atoms with Crippen LogP contribution in [0.4, 0.5) is 5.69 Å². The zero-order valence-electron chi connectivity index (χ0n) is 26.8. The Hall–Kier alpha value is -4.97. The lowest BCUT2D eigenvalue weighted by Gasteiger charge is -2.32. The van der Waals surface area contributed by atoms with Gasteiger partial charge >= 0.3 is 0 Å². The lowest BCUT2D eigenvalue weighted by atomic mass is 9.90. The molecule has 3 aliphatic heterocycles. The van der Waals surface area contributed by atoms with Gasteiger partial charge in [0, 0.05) is 88.9 Å². The molecular weight excluding hydrogens is 610 g/mol. The summed E-state index contributed by atoms with van der Waals surface area (Å²) in [6.07, 6.45) is 0.770. The highest BCUT2D eigenvalue weighted by Crippen LogP contribution is 2.36. The van der Waals surface area contributed by atoms with Gasteiger partial charge in [-0.05, 0) is 68.2 Å². The predicted molar refractivity (Wildman–Crippen MR) is 182 cm³/mol. The van der Waals surface area contributed by atoms with E-state index >= 15 is 0 Å². The van der Waals surface area contributed by atoms with Crippen LogP contribution >= 0.6 is 0 Å². The first kappa shape index (κ1) is 31.6. The fourth-order valence-electron chi connectivity index (χ4n) is 7.04. The van der Waals surface area contributed by atoms with E-state index in [-0.39, 0.29) is 42.5 Å². The van der Waals surface area contributed by atoms with E-state index in [1.807, 2.05) is 24.3 Å². The van der Waals surface area contributed by atoms with Gasteiger partial charge in [-0.2, -0.15) is 0 Å². The number of anilines is 1. The molecule has 0 radical (unpaired) electrons. The molecule has 11 nitrogen and oxygen atoms in total. The molecule has 0 unspecified atom stereocenters. The molecule has 4 aromatic rings. The molecule has 1 fully saturated rings. The minimum absolute atomic E-state index is 0.116. The van der Waals surface area contributed by atoms with E-state index in [1.165, 1.54) is 16.7 Å². The van der Waals surface area contributed by atoms with Gasteiger partial charge in [-0.1, -0.05) is 24.3 Å². The fourth-order valence-corrected chi connectivity index (χ4v) is 7.04. The maximum Gasteiger partial charge on any atom is 0.261 e. The predicted octanol–water partition coefficient (Wildman–Crippen LogP) is 3.49. The van der Waals surface area contributed by atoms with Crippen LogP contribution in [-0.2, 0) is 4.74 Å². The summed E-state index contributed by atoms with van der Waals surface area (Å²) in [5, 5.41) is 9.42.